The lowest BCUT2D eigenvalue weighted by Crippen LogP contribution is -2.14. The van der Waals surface area contributed by atoms with Gasteiger partial charge in [0.25, 0.3) is 10.1 Å². The van der Waals surface area contributed by atoms with Crippen molar-refractivity contribution < 1.29 is 22.4 Å². The van der Waals surface area contributed by atoms with Crippen LogP contribution in [0.25, 0.3) is 0 Å². The molecule has 0 radical (unpaired) electrons. The van der Waals surface area contributed by atoms with Crippen molar-refractivity contribution in [1.29, 1.82) is 0 Å². The number of benzene rings is 2. The zero-order valence-electron chi connectivity index (χ0n) is 13.6. The molecule has 24 heavy (non-hydrogen) atoms. The van der Waals surface area contributed by atoms with Gasteiger partial charge in [0.1, 0.15) is 12.0 Å². The topological polar surface area (TPSA) is 72.8 Å². The second kappa shape index (κ2) is 8.94. The maximum atomic E-state index is 11.5. The van der Waals surface area contributed by atoms with Crippen LogP contribution < -0.4 is 0 Å². The molecule has 0 fully saturated rings. The minimum atomic E-state index is -4.15. The summed E-state index contributed by atoms with van der Waals surface area (Å²) >= 11 is 0. The highest BCUT2D eigenvalue weighted by Gasteiger charge is 2.25. The molecule has 0 saturated heterocycles. The van der Waals surface area contributed by atoms with Gasteiger partial charge in [0.15, 0.2) is 0 Å². The molecule has 0 aliphatic rings. The summed E-state index contributed by atoms with van der Waals surface area (Å²) in [7, 11) is -4.15. The molecular weight excluding hydrogens is 328 g/mol. The average molecular weight is 350 g/mol. The Morgan fingerprint density at radius 2 is 1.58 bits per heavy atom. The first-order valence-corrected chi connectivity index (χ1v) is 9.26. The molecule has 0 unspecified atom stereocenters. The predicted molar refractivity (Wildman–Crippen MR) is 91.9 cm³/mol. The zero-order chi connectivity index (χ0) is 17.4. The van der Waals surface area contributed by atoms with Crippen molar-refractivity contribution in [3.05, 3.63) is 71.3 Å². The largest absolute Gasteiger partial charge is 0.351 e. The molecule has 2 aromatic carbocycles. The lowest BCUT2D eigenvalue weighted by molar-refractivity contribution is -0.0691. The van der Waals surface area contributed by atoms with Crippen LogP contribution in [0.3, 0.4) is 0 Å². The van der Waals surface area contributed by atoms with Gasteiger partial charge < -0.3 is 9.47 Å². The number of hydrogen-bond donors (Lipinski definition) is 1. The Kier molecular flexibility index (Phi) is 6.93. The highest BCUT2D eigenvalue weighted by molar-refractivity contribution is 7.86. The van der Waals surface area contributed by atoms with Crippen molar-refractivity contribution >= 4 is 10.1 Å². The minimum absolute atomic E-state index is 0.103. The van der Waals surface area contributed by atoms with Crippen molar-refractivity contribution in [2.24, 2.45) is 0 Å². The van der Waals surface area contributed by atoms with E-state index in [1.165, 1.54) is 0 Å². The van der Waals surface area contributed by atoms with Crippen molar-refractivity contribution in [2.75, 3.05) is 6.79 Å². The first-order chi connectivity index (χ1) is 11.5. The molecule has 0 bridgehead atoms. The molecule has 0 aliphatic heterocycles. The second-order valence-electron chi connectivity index (χ2n) is 5.41. The number of hydrogen-bond acceptors (Lipinski definition) is 4. The Balaban J connectivity index is 1.91. The Bertz CT molecular complexity index is 728. The van der Waals surface area contributed by atoms with Gasteiger partial charge in [0, 0.05) is 0 Å². The molecule has 130 valence electrons. The van der Waals surface area contributed by atoms with Crippen LogP contribution in [0.5, 0.6) is 0 Å². The van der Waals surface area contributed by atoms with Gasteiger partial charge in [-0.15, -0.1) is 0 Å². The highest BCUT2D eigenvalue weighted by Crippen LogP contribution is 2.28. The monoisotopic (exact) mass is 350 g/mol. The van der Waals surface area contributed by atoms with Crippen molar-refractivity contribution in [3.8, 4) is 0 Å². The Morgan fingerprint density at radius 1 is 0.958 bits per heavy atom. The molecule has 6 heteroatoms. The van der Waals surface area contributed by atoms with E-state index in [9.17, 15) is 13.0 Å². The summed E-state index contributed by atoms with van der Waals surface area (Å²) in [5.41, 5.74) is 2.34. The summed E-state index contributed by atoms with van der Waals surface area (Å²) in [6.45, 7) is 2.49. The maximum absolute atomic E-state index is 11.5. The van der Waals surface area contributed by atoms with Crippen molar-refractivity contribution in [2.45, 2.75) is 31.8 Å². The third-order valence-electron chi connectivity index (χ3n) is 3.67. The molecule has 0 amide bonds. The van der Waals surface area contributed by atoms with E-state index >= 15 is 0 Å². The van der Waals surface area contributed by atoms with Gasteiger partial charge in [-0.3, -0.25) is 4.55 Å². The van der Waals surface area contributed by atoms with E-state index in [0.29, 0.717) is 18.6 Å². The van der Waals surface area contributed by atoms with Crippen LogP contribution in [0.2, 0.25) is 0 Å². The minimum Gasteiger partial charge on any atom is -0.351 e. The van der Waals surface area contributed by atoms with Gasteiger partial charge >= 0.3 is 0 Å². The lowest BCUT2D eigenvalue weighted by Gasteiger charge is -2.16. The van der Waals surface area contributed by atoms with Gasteiger partial charge in [-0.1, -0.05) is 61.5 Å². The van der Waals surface area contributed by atoms with Gasteiger partial charge in [0.2, 0.25) is 0 Å². The molecule has 2 rings (SSSR count). The molecule has 1 atom stereocenters. The zero-order valence-corrected chi connectivity index (χ0v) is 14.4. The van der Waals surface area contributed by atoms with Crippen LogP contribution in [-0.4, -0.2) is 19.8 Å². The molecular formula is C18H22O5S. The number of ether oxygens (including phenoxy) is 2. The molecule has 2 aromatic rings. The third-order valence-corrected chi connectivity index (χ3v) is 4.97. The summed E-state index contributed by atoms with van der Waals surface area (Å²) in [6, 6.07) is 16.8. The number of rotatable bonds is 9. The van der Waals surface area contributed by atoms with Crippen LogP contribution in [-0.2, 0) is 32.8 Å². The standard InChI is InChI=1S/C18H22O5S/c1-2-18(24(19,20)21)17-11-7-6-10-16(17)13-23-14-22-12-15-8-4-3-5-9-15/h3-11,18H,2,12-14H2,1H3,(H,19,20,21)/t18-/m0/s1. The highest BCUT2D eigenvalue weighted by atomic mass is 32.2. The molecule has 1 N–H and O–H groups in total. The van der Waals surface area contributed by atoms with Crippen LogP contribution in [0, 0.1) is 0 Å². The molecule has 0 aromatic heterocycles. The maximum Gasteiger partial charge on any atom is 0.271 e. The van der Waals surface area contributed by atoms with Crippen LogP contribution in [0.15, 0.2) is 54.6 Å². The predicted octanol–water partition coefficient (Wildman–Crippen LogP) is 3.72. The second-order valence-corrected chi connectivity index (χ2v) is 7.01. The van der Waals surface area contributed by atoms with E-state index in [1.54, 1.807) is 25.1 Å². The van der Waals surface area contributed by atoms with Crippen LogP contribution in [0.1, 0.15) is 35.3 Å². The fraction of sp³-hybridized carbons (Fsp3) is 0.333. The fourth-order valence-corrected chi connectivity index (χ4v) is 3.49. The van der Waals surface area contributed by atoms with E-state index in [4.69, 9.17) is 9.47 Å². The molecule has 0 spiro atoms. The molecule has 5 nitrogen and oxygen atoms in total. The van der Waals surface area contributed by atoms with Crippen LogP contribution in [0.4, 0.5) is 0 Å². The van der Waals surface area contributed by atoms with Gasteiger partial charge in [-0.2, -0.15) is 8.42 Å². The first kappa shape index (κ1) is 18.6. The van der Waals surface area contributed by atoms with E-state index in [1.807, 2.05) is 36.4 Å². The summed E-state index contributed by atoms with van der Waals surface area (Å²) in [5.74, 6) is 0. The van der Waals surface area contributed by atoms with Gasteiger partial charge in [-0.05, 0) is 23.1 Å². The fourth-order valence-electron chi connectivity index (χ4n) is 2.52. The smallest absolute Gasteiger partial charge is 0.271 e. The Hall–Kier alpha value is -1.73. The normalized spacial score (nSPS) is 12.9. The van der Waals surface area contributed by atoms with E-state index in [0.717, 1.165) is 11.1 Å². The quantitative estimate of drug-likeness (QED) is 0.424. The average Bonchev–Trinajstić information content (AvgIpc) is 2.56. The summed E-state index contributed by atoms with van der Waals surface area (Å²) in [6.07, 6.45) is 0.292. The summed E-state index contributed by atoms with van der Waals surface area (Å²) < 4.78 is 43.4. The molecule has 0 aliphatic carbocycles. The van der Waals surface area contributed by atoms with Crippen molar-refractivity contribution in [1.82, 2.24) is 0 Å². The SMILES string of the molecule is CC[C@@H](c1ccccc1COCOCc1ccccc1)S(=O)(=O)O. The summed E-state index contributed by atoms with van der Waals surface area (Å²) in [4.78, 5) is 0. The van der Waals surface area contributed by atoms with Gasteiger partial charge in [-0.25, -0.2) is 0 Å². The first-order valence-electron chi connectivity index (χ1n) is 7.76. The van der Waals surface area contributed by atoms with E-state index < -0.39 is 15.4 Å². The van der Waals surface area contributed by atoms with Crippen LogP contribution >= 0.6 is 0 Å². The molecule has 0 heterocycles. The van der Waals surface area contributed by atoms with Crippen molar-refractivity contribution in [3.63, 3.8) is 0 Å². The molecule has 0 saturated carbocycles. The van der Waals surface area contributed by atoms with E-state index in [-0.39, 0.29) is 13.4 Å². The lowest BCUT2D eigenvalue weighted by atomic mass is 10.0. The summed E-state index contributed by atoms with van der Waals surface area (Å²) in [5, 5.41) is -0.942. The van der Waals surface area contributed by atoms with Gasteiger partial charge in [0.05, 0.1) is 13.2 Å². The Labute approximate surface area is 143 Å². The Morgan fingerprint density at radius 3 is 2.25 bits per heavy atom. The van der Waals surface area contributed by atoms with E-state index in [2.05, 4.69) is 0 Å². The third kappa shape index (κ3) is 5.42.